The van der Waals surface area contributed by atoms with Crippen LogP contribution in [0, 0.1) is 0 Å². The third-order valence-corrected chi connectivity index (χ3v) is 4.84. The molecule has 1 saturated carbocycles. The van der Waals surface area contributed by atoms with Crippen molar-refractivity contribution in [3.05, 3.63) is 20.8 Å². The smallest absolute Gasteiger partial charge is 0.305 e. The average Bonchev–Trinajstić information content (AvgIpc) is 2.60. The fourth-order valence-electron chi connectivity index (χ4n) is 1.99. The van der Waals surface area contributed by atoms with Crippen molar-refractivity contribution in [2.24, 2.45) is 0 Å². The summed E-state index contributed by atoms with van der Waals surface area (Å²) in [6.45, 7) is 0. The van der Waals surface area contributed by atoms with Gasteiger partial charge in [-0.1, -0.05) is 0 Å². The molecule has 0 aromatic carbocycles. The Balaban J connectivity index is 2.07. The van der Waals surface area contributed by atoms with Gasteiger partial charge in [0.1, 0.15) is 4.88 Å². The van der Waals surface area contributed by atoms with E-state index in [0.29, 0.717) is 4.88 Å². The van der Waals surface area contributed by atoms with E-state index in [2.05, 4.69) is 21.2 Å². The molecule has 0 atom stereocenters. The Morgan fingerprint density at radius 1 is 1.53 bits per heavy atom. The second-order valence-corrected chi connectivity index (χ2v) is 6.03. The maximum atomic E-state index is 12.0. The molecule has 1 amide bonds. The fraction of sp³-hybridized carbons (Fsp3) is 0.455. The predicted octanol–water partition coefficient (Wildman–Crippen LogP) is 2.64. The van der Waals surface area contributed by atoms with Crippen LogP contribution in [0.15, 0.2) is 15.9 Å². The van der Waals surface area contributed by atoms with Gasteiger partial charge in [-0.2, -0.15) is 0 Å². The zero-order valence-electron chi connectivity index (χ0n) is 9.03. The molecular weight excluding hydrogens is 306 g/mol. The van der Waals surface area contributed by atoms with Crippen molar-refractivity contribution in [2.75, 3.05) is 0 Å². The number of aliphatic carboxylic acids is 1. The lowest BCUT2D eigenvalue weighted by Gasteiger charge is -2.41. The van der Waals surface area contributed by atoms with E-state index in [1.54, 1.807) is 0 Å². The van der Waals surface area contributed by atoms with Crippen LogP contribution in [0.2, 0.25) is 0 Å². The zero-order chi connectivity index (χ0) is 12.5. The maximum absolute atomic E-state index is 12.0. The van der Waals surface area contributed by atoms with Gasteiger partial charge in [-0.15, -0.1) is 11.3 Å². The first-order valence-corrected chi connectivity index (χ1v) is 6.97. The summed E-state index contributed by atoms with van der Waals surface area (Å²) in [5, 5.41) is 13.5. The van der Waals surface area contributed by atoms with Crippen LogP contribution in [0.4, 0.5) is 0 Å². The third-order valence-electron chi connectivity index (χ3n) is 3.00. The van der Waals surface area contributed by atoms with E-state index >= 15 is 0 Å². The molecule has 1 heterocycles. The summed E-state index contributed by atoms with van der Waals surface area (Å²) in [4.78, 5) is 23.4. The molecular formula is C11H12BrNO3S. The van der Waals surface area contributed by atoms with Gasteiger partial charge in [0.25, 0.3) is 5.91 Å². The van der Waals surface area contributed by atoms with Gasteiger partial charge in [0.2, 0.25) is 0 Å². The zero-order valence-corrected chi connectivity index (χ0v) is 11.4. The van der Waals surface area contributed by atoms with E-state index in [1.807, 2.05) is 11.4 Å². The van der Waals surface area contributed by atoms with Gasteiger partial charge < -0.3 is 10.4 Å². The summed E-state index contributed by atoms with van der Waals surface area (Å²) < 4.78 is 0.754. The first kappa shape index (κ1) is 12.6. The quantitative estimate of drug-likeness (QED) is 0.897. The fourth-order valence-corrected chi connectivity index (χ4v) is 3.44. The highest BCUT2D eigenvalue weighted by atomic mass is 79.9. The largest absolute Gasteiger partial charge is 0.481 e. The van der Waals surface area contributed by atoms with Crippen LogP contribution >= 0.6 is 27.3 Å². The average molecular weight is 318 g/mol. The number of thiophene rings is 1. The maximum Gasteiger partial charge on any atom is 0.305 e. The van der Waals surface area contributed by atoms with Crippen LogP contribution < -0.4 is 5.32 Å². The number of carbonyl (C=O) groups excluding carboxylic acids is 1. The minimum Gasteiger partial charge on any atom is -0.481 e. The molecule has 0 radical (unpaired) electrons. The molecule has 1 aromatic rings. The van der Waals surface area contributed by atoms with Gasteiger partial charge in [0.15, 0.2) is 0 Å². The van der Waals surface area contributed by atoms with Crippen LogP contribution in [0.5, 0.6) is 0 Å². The summed E-state index contributed by atoms with van der Waals surface area (Å²) in [6, 6.07) is 1.81. The lowest BCUT2D eigenvalue weighted by Crippen LogP contribution is -2.54. The van der Waals surface area contributed by atoms with Gasteiger partial charge in [-0.3, -0.25) is 9.59 Å². The number of halogens is 1. The summed E-state index contributed by atoms with van der Waals surface area (Å²) in [6.07, 6.45) is 2.46. The molecule has 2 rings (SSSR count). The molecule has 6 heteroatoms. The highest BCUT2D eigenvalue weighted by molar-refractivity contribution is 9.10. The highest BCUT2D eigenvalue weighted by Crippen LogP contribution is 2.36. The molecule has 0 saturated heterocycles. The van der Waals surface area contributed by atoms with E-state index in [0.717, 1.165) is 23.7 Å². The molecule has 0 spiro atoms. The molecule has 0 bridgehead atoms. The molecule has 92 valence electrons. The Bertz CT molecular complexity index is 453. The number of rotatable bonds is 4. The van der Waals surface area contributed by atoms with Crippen LogP contribution in [0.3, 0.4) is 0 Å². The number of carboxylic acids is 1. The summed E-state index contributed by atoms with van der Waals surface area (Å²) >= 11 is 4.64. The van der Waals surface area contributed by atoms with Crippen molar-refractivity contribution < 1.29 is 14.7 Å². The van der Waals surface area contributed by atoms with Crippen LogP contribution in [0.25, 0.3) is 0 Å². The Morgan fingerprint density at radius 3 is 2.65 bits per heavy atom. The van der Waals surface area contributed by atoms with Crippen molar-refractivity contribution >= 4 is 39.1 Å². The van der Waals surface area contributed by atoms with Gasteiger partial charge >= 0.3 is 5.97 Å². The summed E-state index contributed by atoms with van der Waals surface area (Å²) in [5.41, 5.74) is -0.535. The van der Waals surface area contributed by atoms with Crippen molar-refractivity contribution in [3.63, 3.8) is 0 Å². The molecule has 4 nitrogen and oxygen atoms in total. The molecule has 1 aliphatic carbocycles. The van der Waals surface area contributed by atoms with Gasteiger partial charge in [0, 0.05) is 4.47 Å². The van der Waals surface area contributed by atoms with E-state index in [9.17, 15) is 9.59 Å². The molecule has 1 aliphatic rings. The lowest BCUT2D eigenvalue weighted by atomic mass is 9.74. The highest BCUT2D eigenvalue weighted by Gasteiger charge is 2.40. The molecule has 2 N–H and O–H groups in total. The van der Waals surface area contributed by atoms with Crippen molar-refractivity contribution in [2.45, 2.75) is 31.2 Å². The molecule has 1 aromatic heterocycles. The normalized spacial score (nSPS) is 17.2. The third kappa shape index (κ3) is 2.69. The second kappa shape index (κ2) is 4.78. The summed E-state index contributed by atoms with van der Waals surface area (Å²) in [7, 11) is 0. The van der Waals surface area contributed by atoms with Crippen LogP contribution in [-0.4, -0.2) is 22.5 Å². The Labute approximate surface area is 111 Å². The molecule has 17 heavy (non-hydrogen) atoms. The number of hydrogen-bond acceptors (Lipinski definition) is 3. The lowest BCUT2D eigenvalue weighted by molar-refractivity contribution is -0.139. The molecule has 0 aliphatic heterocycles. The number of hydrogen-bond donors (Lipinski definition) is 2. The SMILES string of the molecule is O=C(O)CC1(NC(=O)c2sccc2Br)CCC1. The second-order valence-electron chi connectivity index (χ2n) is 4.26. The van der Waals surface area contributed by atoms with E-state index in [-0.39, 0.29) is 12.3 Å². The number of nitrogens with one attached hydrogen (secondary N) is 1. The van der Waals surface area contributed by atoms with Crippen LogP contribution in [0.1, 0.15) is 35.4 Å². The van der Waals surface area contributed by atoms with Crippen molar-refractivity contribution in [1.29, 1.82) is 0 Å². The Kier molecular flexibility index (Phi) is 3.53. The summed E-state index contributed by atoms with van der Waals surface area (Å²) in [5.74, 6) is -1.05. The molecule has 1 fully saturated rings. The Morgan fingerprint density at radius 2 is 2.24 bits per heavy atom. The predicted molar refractivity (Wildman–Crippen MR) is 68.3 cm³/mol. The molecule has 0 unspecified atom stereocenters. The van der Waals surface area contributed by atoms with Gasteiger partial charge in [0.05, 0.1) is 12.0 Å². The Hall–Kier alpha value is -0.880. The minimum atomic E-state index is -0.866. The first-order valence-electron chi connectivity index (χ1n) is 5.30. The van der Waals surface area contributed by atoms with Crippen molar-refractivity contribution in [1.82, 2.24) is 5.32 Å². The minimum absolute atomic E-state index is 0.00172. The van der Waals surface area contributed by atoms with E-state index in [4.69, 9.17) is 5.11 Å². The van der Waals surface area contributed by atoms with Crippen LogP contribution in [-0.2, 0) is 4.79 Å². The standard InChI is InChI=1S/C11H12BrNO3S/c12-7-2-5-17-9(7)10(16)13-11(3-1-4-11)6-8(14)15/h2,5H,1,3-4,6H2,(H,13,16)(H,14,15). The van der Waals surface area contributed by atoms with E-state index < -0.39 is 11.5 Å². The number of carbonyl (C=O) groups is 2. The first-order chi connectivity index (χ1) is 8.02. The topological polar surface area (TPSA) is 66.4 Å². The van der Waals surface area contributed by atoms with Gasteiger partial charge in [-0.25, -0.2) is 0 Å². The number of amides is 1. The van der Waals surface area contributed by atoms with E-state index in [1.165, 1.54) is 11.3 Å². The number of carboxylic acid groups (broad SMARTS) is 1. The van der Waals surface area contributed by atoms with Gasteiger partial charge in [-0.05, 0) is 46.6 Å². The van der Waals surface area contributed by atoms with Crippen molar-refractivity contribution in [3.8, 4) is 0 Å². The monoisotopic (exact) mass is 317 g/mol.